The zero-order valence-electron chi connectivity index (χ0n) is 12.6. The van der Waals surface area contributed by atoms with Crippen LogP contribution in [0.3, 0.4) is 0 Å². The molecule has 0 spiro atoms. The lowest BCUT2D eigenvalue weighted by Gasteiger charge is -2.09. The summed E-state index contributed by atoms with van der Waals surface area (Å²) in [4.78, 5) is 0.289. The zero-order chi connectivity index (χ0) is 15.2. The molecule has 0 radical (unpaired) electrons. The fourth-order valence-electron chi connectivity index (χ4n) is 2.96. The summed E-state index contributed by atoms with van der Waals surface area (Å²) in [5.41, 5.74) is 6.72. The summed E-state index contributed by atoms with van der Waals surface area (Å²) in [6, 6.07) is 6.78. The third kappa shape index (κ3) is 2.50. The highest BCUT2D eigenvalue weighted by Gasteiger charge is 2.64. The van der Waals surface area contributed by atoms with Gasteiger partial charge in [-0.2, -0.15) is 0 Å². The second-order valence-corrected chi connectivity index (χ2v) is 8.47. The van der Waals surface area contributed by atoms with Crippen LogP contribution in [0.4, 0.5) is 0 Å². The molecule has 3 N–H and O–H groups in total. The number of hydrogen-bond donors (Lipinski definition) is 2. The molecular formula is C15H24N2O2S. The van der Waals surface area contributed by atoms with Crippen molar-refractivity contribution in [1.29, 1.82) is 0 Å². The minimum Gasteiger partial charge on any atom is -0.326 e. The quantitative estimate of drug-likeness (QED) is 0.874. The average molecular weight is 296 g/mol. The van der Waals surface area contributed by atoms with Crippen LogP contribution in [0.1, 0.15) is 33.3 Å². The Morgan fingerprint density at radius 2 is 1.80 bits per heavy atom. The van der Waals surface area contributed by atoms with Gasteiger partial charge in [0.25, 0.3) is 0 Å². The highest BCUT2D eigenvalue weighted by atomic mass is 32.2. The van der Waals surface area contributed by atoms with Gasteiger partial charge in [0, 0.05) is 13.1 Å². The van der Waals surface area contributed by atoms with Crippen molar-refractivity contribution in [2.75, 3.05) is 6.54 Å². The molecule has 0 saturated heterocycles. The van der Waals surface area contributed by atoms with Crippen LogP contribution in [-0.2, 0) is 16.6 Å². The maximum atomic E-state index is 12.3. The van der Waals surface area contributed by atoms with Crippen LogP contribution >= 0.6 is 0 Å². The van der Waals surface area contributed by atoms with Crippen molar-refractivity contribution in [3.8, 4) is 0 Å². The number of rotatable bonds is 5. The summed E-state index contributed by atoms with van der Waals surface area (Å²) in [5, 5.41) is 0. The second-order valence-electron chi connectivity index (χ2n) is 6.70. The van der Waals surface area contributed by atoms with Crippen LogP contribution in [0.15, 0.2) is 29.2 Å². The van der Waals surface area contributed by atoms with Gasteiger partial charge in [0.1, 0.15) is 0 Å². The van der Waals surface area contributed by atoms with Gasteiger partial charge in [0.2, 0.25) is 10.0 Å². The van der Waals surface area contributed by atoms with Gasteiger partial charge in [-0.15, -0.1) is 0 Å². The Bertz CT molecular complexity index is 592. The van der Waals surface area contributed by atoms with Gasteiger partial charge < -0.3 is 5.73 Å². The molecule has 0 aliphatic heterocycles. The summed E-state index contributed by atoms with van der Waals surface area (Å²) >= 11 is 0. The van der Waals surface area contributed by atoms with Gasteiger partial charge in [0.15, 0.2) is 0 Å². The smallest absolute Gasteiger partial charge is 0.240 e. The maximum Gasteiger partial charge on any atom is 0.240 e. The second kappa shape index (κ2) is 4.83. The molecule has 5 heteroatoms. The number of benzene rings is 1. The van der Waals surface area contributed by atoms with Gasteiger partial charge >= 0.3 is 0 Å². The predicted molar refractivity (Wildman–Crippen MR) is 80.6 cm³/mol. The predicted octanol–water partition coefficient (Wildman–Crippen LogP) is 2.11. The molecule has 112 valence electrons. The first kappa shape index (κ1) is 15.5. The van der Waals surface area contributed by atoms with Gasteiger partial charge in [0.05, 0.1) is 4.90 Å². The summed E-state index contributed by atoms with van der Waals surface area (Å²) < 4.78 is 27.3. The van der Waals surface area contributed by atoms with E-state index in [1.165, 1.54) is 0 Å². The maximum absolute atomic E-state index is 12.3. The average Bonchev–Trinajstić information content (AvgIpc) is 2.77. The Morgan fingerprint density at radius 1 is 1.20 bits per heavy atom. The van der Waals surface area contributed by atoms with E-state index in [0.29, 0.717) is 19.0 Å². The molecule has 0 atom stereocenters. The highest BCUT2D eigenvalue weighted by Crippen LogP contribution is 2.67. The summed E-state index contributed by atoms with van der Waals surface area (Å²) in [7, 11) is -3.45. The summed E-state index contributed by atoms with van der Waals surface area (Å²) in [6.07, 6.45) is 0. The Kier molecular flexibility index (Phi) is 3.73. The molecule has 0 unspecified atom stereocenters. The van der Waals surface area contributed by atoms with Crippen LogP contribution in [0.25, 0.3) is 0 Å². The van der Waals surface area contributed by atoms with Gasteiger partial charge in [-0.3, -0.25) is 0 Å². The monoisotopic (exact) mass is 296 g/mol. The van der Waals surface area contributed by atoms with E-state index in [0.717, 1.165) is 5.56 Å². The first-order chi connectivity index (χ1) is 9.13. The van der Waals surface area contributed by atoms with Crippen LogP contribution in [0.5, 0.6) is 0 Å². The first-order valence-corrected chi connectivity index (χ1v) is 8.40. The number of sulfonamides is 1. The van der Waals surface area contributed by atoms with Crippen molar-refractivity contribution >= 4 is 10.0 Å². The van der Waals surface area contributed by atoms with E-state index >= 15 is 0 Å². The fraction of sp³-hybridized carbons (Fsp3) is 0.600. The van der Waals surface area contributed by atoms with Crippen molar-refractivity contribution in [1.82, 2.24) is 4.72 Å². The van der Waals surface area contributed by atoms with Crippen LogP contribution in [-0.4, -0.2) is 15.0 Å². The van der Waals surface area contributed by atoms with Crippen LogP contribution in [0.2, 0.25) is 0 Å². The number of hydrogen-bond acceptors (Lipinski definition) is 3. The lowest BCUT2D eigenvalue weighted by molar-refractivity contribution is 0.457. The Balaban J connectivity index is 2.09. The molecule has 0 aromatic heterocycles. The van der Waals surface area contributed by atoms with Gasteiger partial charge in [-0.1, -0.05) is 39.8 Å². The Morgan fingerprint density at radius 3 is 2.30 bits per heavy atom. The van der Waals surface area contributed by atoms with E-state index < -0.39 is 10.0 Å². The van der Waals surface area contributed by atoms with E-state index in [2.05, 4.69) is 32.4 Å². The molecule has 1 fully saturated rings. The normalized spacial score (nSPS) is 20.9. The minimum absolute atomic E-state index is 0.175. The topological polar surface area (TPSA) is 72.2 Å². The third-order valence-electron chi connectivity index (χ3n) is 5.24. The van der Waals surface area contributed by atoms with E-state index in [9.17, 15) is 8.42 Å². The van der Waals surface area contributed by atoms with Crippen molar-refractivity contribution in [3.05, 3.63) is 29.8 Å². The van der Waals surface area contributed by atoms with Crippen molar-refractivity contribution < 1.29 is 8.42 Å². The lowest BCUT2D eigenvalue weighted by Crippen LogP contribution is -2.27. The van der Waals surface area contributed by atoms with Crippen LogP contribution in [0, 0.1) is 16.7 Å². The van der Waals surface area contributed by atoms with E-state index in [1.807, 2.05) is 6.07 Å². The molecule has 1 saturated carbocycles. The van der Waals surface area contributed by atoms with Crippen molar-refractivity contribution in [2.24, 2.45) is 22.5 Å². The standard InChI is InChI=1S/C15H24N2O2S/c1-14(2)13(15(14,3)4)10-17-20(18,19)12-7-5-6-11(8-12)9-16/h5-8,13,17H,9-10,16H2,1-4H3. The molecule has 0 bridgehead atoms. The molecule has 0 amide bonds. The van der Waals surface area contributed by atoms with Gasteiger partial charge in [-0.05, 0) is 34.4 Å². The lowest BCUT2D eigenvalue weighted by atomic mass is 10.0. The van der Waals surface area contributed by atoms with Crippen molar-refractivity contribution in [3.63, 3.8) is 0 Å². The van der Waals surface area contributed by atoms with Crippen LogP contribution < -0.4 is 10.5 Å². The molecule has 1 aliphatic carbocycles. The number of nitrogens with one attached hydrogen (secondary N) is 1. The fourth-order valence-corrected chi connectivity index (χ4v) is 4.08. The molecule has 2 rings (SSSR count). The van der Waals surface area contributed by atoms with E-state index in [1.54, 1.807) is 18.2 Å². The molecule has 20 heavy (non-hydrogen) atoms. The summed E-state index contributed by atoms with van der Waals surface area (Å²) in [6.45, 7) is 9.55. The zero-order valence-corrected chi connectivity index (χ0v) is 13.4. The Labute approximate surface area is 121 Å². The number of nitrogens with two attached hydrogens (primary N) is 1. The molecule has 4 nitrogen and oxygen atoms in total. The SMILES string of the molecule is CC1(C)C(CNS(=O)(=O)c2cccc(CN)c2)C1(C)C. The van der Waals surface area contributed by atoms with Crippen molar-refractivity contribution in [2.45, 2.75) is 39.1 Å². The van der Waals surface area contributed by atoms with E-state index in [4.69, 9.17) is 5.73 Å². The molecule has 1 aromatic carbocycles. The molecule has 0 heterocycles. The van der Waals surface area contributed by atoms with E-state index in [-0.39, 0.29) is 15.7 Å². The third-order valence-corrected chi connectivity index (χ3v) is 6.66. The molecule has 1 aromatic rings. The largest absolute Gasteiger partial charge is 0.326 e. The first-order valence-electron chi connectivity index (χ1n) is 6.91. The molecular weight excluding hydrogens is 272 g/mol. The molecule has 1 aliphatic rings. The summed E-state index contributed by atoms with van der Waals surface area (Å²) in [5.74, 6) is 0.363. The highest BCUT2D eigenvalue weighted by molar-refractivity contribution is 7.89. The van der Waals surface area contributed by atoms with Gasteiger partial charge in [-0.25, -0.2) is 13.1 Å². The minimum atomic E-state index is -3.45. The Hall–Kier alpha value is -0.910.